The number of aliphatic imine (C=N–C) groups is 1. The van der Waals surface area contributed by atoms with E-state index in [0.29, 0.717) is 12.4 Å². The molecule has 1 aromatic heterocycles. The van der Waals surface area contributed by atoms with Gasteiger partial charge in [-0.15, -0.1) is 0 Å². The average Bonchev–Trinajstić information content (AvgIpc) is 2.62. The molecule has 0 saturated heterocycles. The molecule has 0 radical (unpaired) electrons. The van der Waals surface area contributed by atoms with E-state index in [2.05, 4.69) is 15.4 Å². The SMILES string of the molecule is Cc1cnn(CC2=NC(C)C(=O)N2)c1. The largest absolute Gasteiger partial charge is 0.311 e. The van der Waals surface area contributed by atoms with Crippen molar-refractivity contribution in [1.82, 2.24) is 15.1 Å². The average molecular weight is 192 g/mol. The Morgan fingerprint density at radius 3 is 2.93 bits per heavy atom. The molecule has 1 unspecified atom stereocenters. The van der Waals surface area contributed by atoms with E-state index in [4.69, 9.17) is 0 Å². The van der Waals surface area contributed by atoms with E-state index in [9.17, 15) is 4.79 Å². The monoisotopic (exact) mass is 192 g/mol. The highest BCUT2D eigenvalue weighted by Crippen LogP contribution is 2.01. The number of amidine groups is 1. The molecule has 1 aromatic rings. The molecular formula is C9H12N4O. The van der Waals surface area contributed by atoms with E-state index >= 15 is 0 Å². The highest BCUT2D eigenvalue weighted by atomic mass is 16.2. The van der Waals surface area contributed by atoms with Crippen LogP contribution in [0.3, 0.4) is 0 Å². The van der Waals surface area contributed by atoms with Gasteiger partial charge in [-0.25, -0.2) is 0 Å². The Morgan fingerprint density at radius 1 is 1.64 bits per heavy atom. The molecule has 2 heterocycles. The predicted molar refractivity (Wildman–Crippen MR) is 52.0 cm³/mol. The number of hydrogen-bond donors (Lipinski definition) is 1. The first-order valence-corrected chi connectivity index (χ1v) is 4.52. The summed E-state index contributed by atoms with van der Waals surface area (Å²) in [6.07, 6.45) is 3.69. The normalized spacial score (nSPS) is 20.9. The lowest BCUT2D eigenvalue weighted by molar-refractivity contribution is -0.119. The van der Waals surface area contributed by atoms with Gasteiger partial charge in [0.05, 0.1) is 12.7 Å². The van der Waals surface area contributed by atoms with Gasteiger partial charge in [0.15, 0.2) is 0 Å². The van der Waals surface area contributed by atoms with Crippen LogP contribution in [0.5, 0.6) is 0 Å². The summed E-state index contributed by atoms with van der Waals surface area (Å²) in [5.74, 6) is 0.648. The second kappa shape index (κ2) is 3.25. The number of aryl methyl sites for hydroxylation is 1. The van der Waals surface area contributed by atoms with Crippen LogP contribution in [-0.4, -0.2) is 27.6 Å². The third-order valence-corrected chi connectivity index (χ3v) is 2.07. The van der Waals surface area contributed by atoms with Gasteiger partial charge in [-0.05, 0) is 19.4 Å². The van der Waals surface area contributed by atoms with Crippen LogP contribution in [0.15, 0.2) is 17.4 Å². The zero-order valence-corrected chi connectivity index (χ0v) is 8.19. The van der Waals surface area contributed by atoms with Gasteiger partial charge in [0, 0.05) is 6.20 Å². The van der Waals surface area contributed by atoms with Crippen molar-refractivity contribution in [3.63, 3.8) is 0 Å². The quantitative estimate of drug-likeness (QED) is 0.723. The maximum atomic E-state index is 11.1. The molecule has 5 heteroatoms. The van der Waals surface area contributed by atoms with Crippen molar-refractivity contribution in [3.05, 3.63) is 18.0 Å². The number of nitrogens with zero attached hydrogens (tertiary/aromatic N) is 3. The Kier molecular flexibility index (Phi) is 2.07. The van der Waals surface area contributed by atoms with Crippen molar-refractivity contribution in [2.24, 2.45) is 4.99 Å². The first-order chi connectivity index (χ1) is 6.65. The summed E-state index contributed by atoms with van der Waals surface area (Å²) in [6.45, 7) is 4.28. The van der Waals surface area contributed by atoms with Gasteiger partial charge in [0.2, 0.25) is 5.91 Å². The molecule has 1 aliphatic heterocycles. The highest BCUT2D eigenvalue weighted by molar-refractivity contribution is 6.05. The topological polar surface area (TPSA) is 59.3 Å². The van der Waals surface area contributed by atoms with E-state index in [-0.39, 0.29) is 11.9 Å². The van der Waals surface area contributed by atoms with Gasteiger partial charge >= 0.3 is 0 Å². The highest BCUT2D eigenvalue weighted by Gasteiger charge is 2.21. The van der Waals surface area contributed by atoms with Gasteiger partial charge in [-0.1, -0.05) is 0 Å². The first-order valence-electron chi connectivity index (χ1n) is 4.52. The maximum absolute atomic E-state index is 11.1. The summed E-state index contributed by atoms with van der Waals surface area (Å²) in [6, 6.07) is -0.262. The molecule has 1 aliphatic rings. The molecule has 14 heavy (non-hydrogen) atoms. The summed E-state index contributed by atoms with van der Waals surface area (Å²) < 4.78 is 1.76. The Hall–Kier alpha value is -1.65. The van der Waals surface area contributed by atoms with Crippen molar-refractivity contribution in [2.45, 2.75) is 26.4 Å². The third kappa shape index (κ3) is 1.66. The summed E-state index contributed by atoms with van der Waals surface area (Å²) in [5, 5.41) is 6.83. The van der Waals surface area contributed by atoms with E-state index in [1.165, 1.54) is 0 Å². The third-order valence-electron chi connectivity index (χ3n) is 2.07. The number of carbonyl (C=O) groups is 1. The Morgan fingerprint density at radius 2 is 2.43 bits per heavy atom. The summed E-state index contributed by atoms with van der Waals surface area (Å²) in [5.41, 5.74) is 1.10. The number of carbonyl (C=O) groups excluding carboxylic acids is 1. The zero-order chi connectivity index (χ0) is 10.1. The molecular weight excluding hydrogens is 180 g/mol. The van der Waals surface area contributed by atoms with Crippen LogP contribution < -0.4 is 5.32 Å². The number of hydrogen-bond acceptors (Lipinski definition) is 3. The Bertz CT molecular complexity index is 393. The van der Waals surface area contributed by atoms with Crippen LogP contribution in [0, 0.1) is 6.92 Å². The predicted octanol–water partition coefficient (Wildman–Crippen LogP) is 0.108. The fraction of sp³-hybridized carbons (Fsp3) is 0.444. The minimum atomic E-state index is -0.262. The smallest absolute Gasteiger partial charge is 0.249 e. The van der Waals surface area contributed by atoms with Crippen molar-refractivity contribution in [1.29, 1.82) is 0 Å². The number of nitrogens with one attached hydrogen (secondary N) is 1. The molecule has 0 aliphatic carbocycles. The molecule has 0 spiro atoms. The summed E-state index contributed by atoms with van der Waals surface area (Å²) in [4.78, 5) is 15.3. The van der Waals surface area contributed by atoms with Gasteiger partial charge in [-0.3, -0.25) is 14.5 Å². The number of rotatable bonds is 2. The second-order valence-electron chi connectivity index (χ2n) is 3.46. The van der Waals surface area contributed by atoms with Crippen LogP contribution in [0.1, 0.15) is 12.5 Å². The minimum absolute atomic E-state index is 0.0381. The van der Waals surface area contributed by atoms with E-state index in [0.717, 1.165) is 5.56 Å². The lowest BCUT2D eigenvalue weighted by Crippen LogP contribution is -2.30. The van der Waals surface area contributed by atoms with Crippen molar-refractivity contribution >= 4 is 11.7 Å². The van der Waals surface area contributed by atoms with Gasteiger partial charge in [0.25, 0.3) is 0 Å². The van der Waals surface area contributed by atoms with Crippen LogP contribution in [-0.2, 0) is 11.3 Å². The van der Waals surface area contributed by atoms with E-state index in [1.54, 1.807) is 17.8 Å². The molecule has 0 bridgehead atoms. The fourth-order valence-corrected chi connectivity index (χ4v) is 1.36. The Balaban J connectivity index is 2.06. The number of aromatic nitrogens is 2. The molecule has 2 rings (SSSR count). The lowest BCUT2D eigenvalue weighted by atomic mass is 10.4. The fourth-order valence-electron chi connectivity index (χ4n) is 1.36. The number of amides is 1. The Labute approximate surface area is 81.8 Å². The molecule has 0 saturated carbocycles. The molecule has 74 valence electrons. The van der Waals surface area contributed by atoms with Gasteiger partial charge in [-0.2, -0.15) is 5.10 Å². The first kappa shape index (κ1) is 8.93. The van der Waals surface area contributed by atoms with Crippen molar-refractivity contribution in [3.8, 4) is 0 Å². The van der Waals surface area contributed by atoms with E-state index in [1.807, 2.05) is 13.1 Å². The zero-order valence-electron chi connectivity index (χ0n) is 8.19. The molecule has 1 amide bonds. The maximum Gasteiger partial charge on any atom is 0.249 e. The van der Waals surface area contributed by atoms with Gasteiger partial charge < -0.3 is 5.32 Å². The molecule has 1 atom stereocenters. The molecule has 0 fully saturated rings. The minimum Gasteiger partial charge on any atom is -0.311 e. The van der Waals surface area contributed by atoms with Crippen molar-refractivity contribution in [2.75, 3.05) is 0 Å². The molecule has 1 N–H and O–H groups in total. The summed E-state index contributed by atoms with van der Waals surface area (Å²) >= 11 is 0. The molecule has 0 aromatic carbocycles. The van der Waals surface area contributed by atoms with Crippen LogP contribution in [0.4, 0.5) is 0 Å². The van der Waals surface area contributed by atoms with Crippen LogP contribution >= 0.6 is 0 Å². The standard InChI is InChI=1S/C9H12N4O/c1-6-3-10-13(4-6)5-8-11-7(2)9(14)12-8/h3-4,7H,5H2,1-2H3,(H,11,12,14). The lowest BCUT2D eigenvalue weighted by Gasteiger charge is -2.00. The van der Waals surface area contributed by atoms with Crippen LogP contribution in [0.2, 0.25) is 0 Å². The van der Waals surface area contributed by atoms with Gasteiger partial charge in [0.1, 0.15) is 11.9 Å². The molecule has 5 nitrogen and oxygen atoms in total. The summed E-state index contributed by atoms with van der Waals surface area (Å²) in [7, 11) is 0. The van der Waals surface area contributed by atoms with Crippen LogP contribution in [0.25, 0.3) is 0 Å². The van der Waals surface area contributed by atoms with E-state index < -0.39 is 0 Å². The second-order valence-corrected chi connectivity index (χ2v) is 3.46. The van der Waals surface area contributed by atoms with Crippen molar-refractivity contribution < 1.29 is 4.79 Å².